The molecule has 8 heteroatoms. The Hall–Kier alpha value is -2.35. The van der Waals surface area contributed by atoms with Crippen LogP contribution in [0.15, 0.2) is 18.3 Å². The smallest absolute Gasteiger partial charge is 0.152 e. The number of aromatic amines is 1. The molecule has 0 aromatic carbocycles. The molecule has 0 saturated carbocycles. The van der Waals surface area contributed by atoms with Crippen molar-refractivity contribution in [2.45, 2.75) is 50.9 Å². The maximum absolute atomic E-state index is 11.7. The third kappa shape index (κ3) is 4.92. The number of rotatable bonds is 8. The van der Waals surface area contributed by atoms with Crippen molar-refractivity contribution in [1.82, 2.24) is 25.6 Å². The monoisotopic (exact) mass is 386 g/mol. The molecule has 0 bridgehead atoms. The second kappa shape index (κ2) is 8.77. The molecule has 0 aliphatic carbocycles. The van der Waals surface area contributed by atoms with Gasteiger partial charge in [-0.1, -0.05) is 19.4 Å². The Morgan fingerprint density at radius 3 is 2.61 bits per heavy atom. The van der Waals surface area contributed by atoms with E-state index in [9.17, 15) is 9.90 Å². The molecule has 3 rings (SSSR count). The fraction of sp³-hybridized carbons (Fsp3) is 0.650. The number of carbonyl (C=O) groups excluding carboxylic acids is 1. The lowest BCUT2D eigenvalue weighted by Crippen LogP contribution is -2.45. The molecule has 0 spiro atoms. The number of pyridine rings is 1. The number of hydrogen-bond donors (Lipinski definition) is 1. The highest BCUT2D eigenvalue weighted by Crippen LogP contribution is 2.31. The molecule has 1 unspecified atom stereocenters. The number of nitrogens with zero attached hydrogens (tertiary/aromatic N) is 5. The van der Waals surface area contributed by atoms with E-state index >= 15 is 0 Å². The van der Waals surface area contributed by atoms with E-state index in [-0.39, 0.29) is 5.92 Å². The Balaban J connectivity index is 1.73. The lowest BCUT2D eigenvalue weighted by atomic mass is 9.83. The largest absolute Gasteiger partial charge is 0.550 e. The fourth-order valence-corrected chi connectivity index (χ4v) is 4.16. The van der Waals surface area contributed by atoms with Gasteiger partial charge in [-0.25, -0.2) is 5.10 Å². The van der Waals surface area contributed by atoms with Gasteiger partial charge < -0.3 is 14.4 Å². The molecule has 2 aromatic rings. The van der Waals surface area contributed by atoms with Gasteiger partial charge in [0.25, 0.3) is 0 Å². The second-order valence-electron chi connectivity index (χ2n) is 8.56. The molecule has 1 aliphatic rings. The molecule has 152 valence electrons. The van der Waals surface area contributed by atoms with E-state index < -0.39 is 11.9 Å². The van der Waals surface area contributed by atoms with Crippen LogP contribution in [-0.4, -0.2) is 63.2 Å². The summed E-state index contributed by atoms with van der Waals surface area (Å²) in [4.78, 5) is 16.4. The molecular weight excluding hydrogens is 356 g/mol. The highest BCUT2D eigenvalue weighted by Gasteiger charge is 2.29. The average molecular weight is 387 g/mol. The van der Waals surface area contributed by atoms with Crippen molar-refractivity contribution in [1.29, 1.82) is 0 Å². The second-order valence-corrected chi connectivity index (χ2v) is 8.56. The van der Waals surface area contributed by atoms with Gasteiger partial charge in [-0.15, -0.1) is 5.10 Å². The van der Waals surface area contributed by atoms with Crippen molar-refractivity contribution in [3.63, 3.8) is 0 Å². The fourth-order valence-electron chi connectivity index (χ4n) is 4.16. The highest BCUT2D eigenvalue weighted by atomic mass is 16.4. The first-order chi connectivity index (χ1) is 13.4. The van der Waals surface area contributed by atoms with E-state index in [2.05, 4.69) is 46.9 Å². The standard InChI is InChI=1S/C20H30N6O2/c1-4-5-16(20(27)28)17(19-22-24-25-23-19)12-14-6-7-18(21-13-14)15-8-10-26(2,3)11-9-15/h6-7,13,15-17H,4-5,8-12H2,1-3H3,(H-,22,23,24,25,27,28)/t16?,17-/m0/s1. The van der Waals surface area contributed by atoms with Gasteiger partial charge in [0.05, 0.1) is 27.2 Å². The Bertz CT molecular complexity index is 750. The van der Waals surface area contributed by atoms with E-state index in [0.717, 1.165) is 35.0 Å². The quantitative estimate of drug-likeness (QED) is 0.679. The first kappa shape index (κ1) is 20.4. The topological polar surface area (TPSA) is 107 Å². The lowest BCUT2D eigenvalue weighted by Gasteiger charge is -2.37. The molecule has 28 heavy (non-hydrogen) atoms. The summed E-state index contributed by atoms with van der Waals surface area (Å²) in [6.07, 6.45) is 5.96. The molecule has 2 aromatic heterocycles. The number of H-pyrrole nitrogens is 1. The van der Waals surface area contributed by atoms with E-state index in [1.807, 2.05) is 13.1 Å². The minimum absolute atomic E-state index is 0.361. The van der Waals surface area contributed by atoms with Gasteiger partial charge in [-0.3, -0.25) is 4.98 Å². The Morgan fingerprint density at radius 1 is 1.32 bits per heavy atom. The van der Waals surface area contributed by atoms with Gasteiger partial charge in [0.2, 0.25) is 0 Å². The van der Waals surface area contributed by atoms with Crippen molar-refractivity contribution in [3.8, 4) is 0 Å². The normalized spacial score (nSPS) is 19.2. The van der Waals surface area contributed by atoms with Crippen molar-refractivity contribution in [3.05, 3.63) is 35.4 Å². The molecule has 1 aliphatic heterocycles. The molecule has 1 N–H and O–H groups in total. The van der Waals surface area contributed by atoms with Crippen LogP contribution in [0.2, 0.25) is 0 Å². The molecule has 0 radical (unpaired) electrons. The number of piperidine rings is 1. The number of carbonyl (C=O) groups is 1. The number of carboxylic acids is 1. The summed E-state index contributed by atoms with van der Waals surface area (Å²) in [5, 5.41) is 25.7. The number of tetrazole rings is 1. The molecule has 1 fully saturated rings. The van der Waals surface area contributed by atoms with E-state index in [1.165, 1.54) is 13.1 Å². The van der Waals surface area contributed by atoms with Gasteiger partial charge >= 0.3 is 0 Å². The summed E-state index contributed by atoms with van der Waals surface area (Å²) in [6.45, 7) is 4.30. The van der Waals surface area contributed by atoms with Crippen LogP contribution in [0.5, 0.6) is 0 Å². The zero-order chi connectivity index (χ0) is 20.1. The van der Waals surface area contributed by atoms with Crippen LogP contribution in [0.25, 0.3) is 0 Å². The summed E-state index contributed by atoms with van der Waals surface area (Å²) < 4.78 is 1.07. The minimum atomic E-state index is -1.06. The number of nitrogens with one attached hydrogen (secondary N) is 1. The molecule has 1 saturated heterocycles. The third-order valence-electron chi connectivity index (χ3n) is 5.99. The summed E-state index contributed by atoms with van der Waals surface area (Å²) in [6, 6.07) is 4.15. The van der Waals surface area contributed by atoms with Crippen LogP contribution in [0.3, 0.4) is 0 Å². The number of quaternary nitrogens is 1. The van der Waals surface area contributed by atoms with Crippen LogP contribution >= 0.6 is 0 Å². The number of hydrogen-bond acceptors (Lipinski definition) is 6. The van der Waals surface area contributed by atoms with Gasteiger partial charge in [0.1, 0.15) is 0 Å². The zero-order valence-electron chi connectivity index (χ0n) is 17.0. The van der Waals surface area contributed by atoms with Crippen LogP contribution in [0, 0.1) is 5.92 Å². The highest BCUT2D eigenvalue weighted by molar-refractivity contribution is 5.69. The molecule has 3 heterocycles. The lowest BCUT2D eigenvalue weighted by molar-refractivity contribution is -0.895. The predicted octanol–water partition coefficient (Wildman–Crippen LogP) is 1.04. The van der Waals surface area contributed by atoms with Gasteiger partial charge in [0, 0.05) is 48.5 Å². The van der Waals surface area contributed by atoms with Crippen molar-refractivity contribution in [2.24, 2.45) is 5.92 Å². The van der Waals surface area contributed by atoms with E-state index in [1.54, 1.807) is 0 Å². The SMILES string of the molecule is CCCC(C(=O)[O-])[C@H](Cc1ccc(C2CC[N+](C)(C)CC2)nc1)c1nnn[nH]1. The van der Waals surface area contributed by atoms with Crippen molar-refractivity contribution < 1.29 is 14.4 Å². The Labute approximate surface area is 166 Å². The van der Waals surface area contributed by atoms with Gasteiger partial charge in [0.15, 0.2) is 5.82 Å². The molecular formula is C20H30N6O2. The average Bonchev–Trinajstić information content (AvgIpc) is 3.19. The molecule has 8 nitrogen and oxygen atoms in total. The predicted molar refractivity (Wildman–Crippen MR) is 102 cm³/mol. The first-order valence-electron chi connectivity index (χ1n) is 10.1. The number of aromatic nitrogens is 5. The van der Waals surface area contributed by atoms with Crippen LogP contribution < -0.4 is 5.11 Å². The van der Waals surface area contributed by atoms with E-state index in [0.29, 0.717) is 24.6 Å². The van der Waals surface area contributed by atoms with Gasteiger partial charge in [-0.05, 0) is 34.9 Å². The minimum Gasteiger partial charge on any atom is -0.550 e. The molecule has 2 atom stereocenters. The number of carboxylic acid groups (broad SMARTS) is 1. The van der Waals surface area contributed by atoms with Crippen molar-refractivity contribution >= 4 is 5.97 Å². The first-order valence-corrected chi connectivity index (χ1v) is 10.1. The third-order valence-corrected chi connectivity index (χ3v) is 5.99. The van der Waals surface area contributed by atoms with Crippen LogP contribution in [0.1, 0.15) is 61.5 Å². The summed E-state index contributed by atoms with van der Waals surface area (Å²) in [7, 11) is 4.55. The summed E-state index contributed by atoms with van der Waals surface area (Å²) in [5.74, 6) is -1.07. The molecule has 0 amide bonds. The summed E-state index contributed by atoms with van der Waals surface area (Å²) in [5.41, 5.74) is 2.12. The van der Waals surface area contributed by atoms with Crippen LogP contribution in [0.4, 0.5) is 0 Å². The van der Waals surface area contributed by atoms with Crippen LogP contribution in [-0.2, 0) is 11.2 Å². The van der Waals surface area contributed by atoms with Gasteiger partial charge in [-0.2, -0.15) is 0 Å². The maximum atomic E-state index is 11.7. The number of aliphatic carboxylic acids is 1. The van der Waals surface area contributed by atoms with E-state index in [4.69, 9.17) is 4.98 Å². The Morgan fingerprint density at radius 2 is 2.07 bits per heavy atom. The van der Waals surface area contributed by atoms with Crippen molar-refractivity contribution in [2.75, 3.05) is 27.2 Å². The number of likely N-dealkylation sites (tertiary alicyclic amines) is 1. The zero-order valence-corrected chi connectivity index (χ0v) is 17.0. The summed E-state index contributed by atoms with van der Waals surface area (Å²) >= 11 is 0. The Kier molecular flexibility index (Phi) is 6.39. The maximum Gasteiger partial charge on any atom is 0.152 e.